The van der Waals surface area contributed by atoms with Gasteiger partial charge in [-0.05, 0) is 78.0 Å². The van der Waals surface area contributed by atoms with E-state index in [9.17, 15) is 9.59 Å². The molecule has 0 unspecified atom stereocenters. The number of halogens is 2. The first-order chi connectivity index (χ1) is 18.3. The SMILES string of the molecule is CCOC(=O)C1=C(C)N=c2s/c(=C\c3ccc(-c4ccc(Br)c(Cl)c4)o3)c(=O)n2[C@H]1c1ccc(SC)cc1. The van der Waals surface area contributed by atoms with Gasteiger partial charge in [0, 0.05) is 21.0 Å². The fourth-order valence-corrected chi connectivity index (χ4v) is 6.12. The molecule has 0 fully saturated rings. The van der Waals surface area contributed by atoms with Crippen LogP contribution >= 0.6 is 50.6 Å². The van der Waals surface area contributed by atoms with Gasteiger partial charge in [-0.2, -0.15) is 0 Å². The van der Waals surface area contributed by atoms with Gasteiger partial charge in [0.05, 0.1) is 33.5 Å². The number of aromatic nitrogens is 1. The number of ether oxygens (including phenoxy) is 1. The Balaban J connectivity index is 1.62. The fourth-order valence-electron chi connectivity index (χ4n) is 4.26. The molecule has 0 spiro atoms. The molecule has 1 aliphatic heterocycles. The van der Waals surface area contributed by atoms with Crippen LogP contribution in [-0.2, 0) is 9.53 Å². The predicted molar refractivity (Wildman–Crippen MR) is 155 cm³/mol. The van der Waals surface area contributed by atoms with Crippen molar-refractivity contribution in [2.45, 2.75) is 24.8 Å². The average molecular weight is 630 g/mol. The molecule has 1 atom stereocenters. The second kappa shape index (κ2) is 11.1. The first-order valence-corrected chi connectivity index (χ1v) is 14.9. The third kappa shape index (κ3) is 5.08. The second-order valence-electron chi connectivity index (χ2n) is 8.41. The van der Waals surface area contributed by atoms with Crippen LogP contribution in [-0.4, -0.2) is 23.4 Å². The molecule has 2 aromatic carbocycles. The van der Waals surface area contributed by atoms with E-state index in [-0.39, 0.29) is 12.2 Å². The Morgan fingerprint density at radius 2 is 2.00 bits per heavy atom. The molecule has 0 bridgehead atoms. The summed E-state index contributed by atoms with van der Waals surface area (Å²) in [5, 5.41) is 0.576. The van der Waals surface area contributed by atoms with Gasteiger partial charge in [-0.15, -0.1) is 11.8 Å². The first kappa shape index (κ1) is 26.7. The summed E-state index contributed by atoms with van der Waals surface area (Å²) in [4.78, 5) is 33.0. The standard InChI is InChI=1S/C28H22BrClN2O4S2/c1-4-35-27(34)24-15(2)31-28-32(25(24)16-5-9-19(37-3)10-6-16)26(33)23(38-28)14-18-8-12-22(36-18)17-7-11-20(29)21(30)13-17/h5-14,25H,4H2,1-3H3/b23-14-/t25-/m0/s1. The van der Waals surface area contributed by atoms with Gasteiger partial charge in [0.1, 0.15) is 11.5 Å². The summed E-state index contributed by atoms with van der Waals surface area (Å²) in [5.41, 5.74) is 2.26. The number of benzene rings is 2. The largest absolute Gasteiger partial charge is 0.463 e. The Morgan fingerprint density at radius 3 is 2.68 bits per heavy atom. The molecule has 2 aromatic heterocycles. The van der Waals surface area contributed by atoms with Gasteiger partial charge in [0.2, 0.25) is 0 Å². The summed E-state index contributed by atoms with van der Waals surface area (Å²) < 4.78 is 14.2. The lowest BCUT2D eigenvalue weighted by atomic mass is 9.96. The molecule has 6 nitrogen and oxygen atoms in total. The Kier molecular flexibility index (Phi) is 7.81. The fraction of sp³-hybridized carbons (Fsp3) is 0.179. The van der Waals surface area contributed by atoms with Gasteiger partial charge in [-0.1, -0.05) is 41.1 Å². The number of fused-ring (bicyclic) bond motifs is 1. The van der Waals surface area contributed by atoms with E-state index in [0.29, 0.717) is 37.1 Å². The second-order valence-corrected chi connectivity index (χ2v) is 11.6. The van der Waals surface area contributed by atoms with Crippen molar-refractivity contribution in [2.24, 2.45) is 4.99 Å². The van der Waals surface area contributed by atoms with Crippen LogP contribution in [0.5, 0.6) is 0 Å². The summed E-state index contributed by atoms with van der Waals surface area (Å²) in [6.07, 6.45) is 3.70. The van der Waals surface area contributed by atoms with Crippen molar-refractivity contribution in [1.82, 2.24) is 4.57 Å². The van der Waals surface area contributed by atoms with Crippen LogP contribution in [0.15, 0.2) is 89.4 Å². The molecule has 4 aromatic rings. The number of rotatable bonds is 6. The third-order valence-electron chi connectivity index (χ3n) is 6.05. The van der Waals surface area contributed by atoms with E-state index in [1.807, 2.05) is 54.8 Å². The number of thioether (sulfide) groups is 1. The highest BCUT2D eigenvalue weighted by Gasteiger charge is 2.33. The van der Waals surface area contributed by atoms with E-state index in [1.54, 1.807) is 42.3 Å². The highest BCUT2D eigenvalue weighted by atomic mass is 79.9. The van der Waals surface area contributed by atoms with Crippen molar-refractivity contribution >= 4 is 62.7 Å². The lowest BCUT2D eigenvalue weighted by molar-refractivity contribution is -0.139. The highest BCUT2D eigenvalue weighted by molar-refractivity contribution is 9.10. The van der Waals surface area contributed by atoms with Crippen LogP contribution in [0.25, 0.3) is 17.4 Å². The van der Waals surface area contributed by atoms with Gasteiger partial charge >= 0.3 is 5.97 Å². The zero-order valence-electron chi connectivity index (χ0n) is 20.7. The number of nitrogens with zero attached hydrogens (tertiary/aromatic N) is 2. The van der Waals surface area contributed by atoms with Gasteiger partial charge in [-0.3, -0.25) is 9.36 Å². The maximum absolute atomic E-state index is 13.8. The first-order valence-electron chi connectivity index (χ1n) is 11.7. The topological polar surface area (TPSA) is 73.8 Å². The minimum absolute atomic E-state index is 0.225. The maximum atomic E-state index is 13.8. The number of hydrogen-bond donors (Lipinski definition) is 0. The van der Waals surface area contributed by atoms with E-state index in [1.165, 1.54) is 11.3 Å². The van der Waals surface area contributed by atoms with Crippen LogP contribution in [0.2, 0.25) is 5.02 Å². The minimum atomic E-state index is -0.652. The molecular weight excluding hydrogens is 608 g/mol. The maximum Gasteiger partial charge on any atom is 0.338 e. The van der Waals surface area contributed by atoms with Crippen LogP contribution in [0.4, 0.5) is 0 Å². The number of hydrogen-bond acceptors (Lipinski definition) is 7. The molecule has 0 saturated carbocycles. The third-order valence-corrected chi connectivity index (χ3v) is 9.01. The summed E-state index contributed by atoms with van der Waals surface area (Å²) in [7, 11) is 0. The van der Waals surface area contributed by atoms with Gasteiger partial charge in [0.25, 0.3) is 5.56 Å². The number of carbonyl (C=O) groups excluding carboxylic acids is 1. The normalized spacial score (nSPS) is 15.4. The molecule has 5 rings (SSSR count). The van der Waals surface area contributed by atoms with Crippen LogP contribution < -0.4 is 14.9 Å². The highest BCUT2D eigenvalue weighted by Crippen LogP contribution is 2.32. The van der Waals surface area contributed by atoms with Crippen molar-refractivity contribution in [3.63, 3.8) is 0 Å². The molecule has 0 aliphatic carbocycles. The molecule has 0 N–H and O–H groups in total. The van der Waals surface area contributed by atoms with Crippen molar-refractivity contribution in [2.75, 3.05) is 12.9 Å². The number of esters is 1. The zero-order valence-corrected chi connectivity index (χ0v) is 24.6. The van der Waals surface area contributed by atoms with E-state index in [4.69, 9.17) is 20.8 Å². The lowest BCUT2D eigenvalue weighted by Gasteiger charge is -2.24. The molecule has 38 heavy (non-hydrogen) atoms. The van der Waals surface area contributed by atoms with Crippen molar-refractivity contribution in [1.29, 1.82) is 0 Å². The smallest absolute Gasteiger partial charge is 0.338 e. The van der Waals surface area contributed by atoms with Crippen LogP contribution in [0.1, 0.15) is 31.2 Å². The number of allylic oxidation sites excluding steroid dienone is 1. The molecule has 0 radical (unpaired) electrons. The van der Waals surface area contributed by atoms with E-state index in [0.717, 1.165) is 20.5 Å². The summed E-state index contributed by atoms with van der Waals surface area (Å²) in [5.74, 6) is 0.669. The average Bonchev–Trinajstić information content (AvgIpc) is 3.49. The Hall–Kier alpha value is -2.85. The number of thiazole rings is 1. The molecule has 194 valence electrons. The summed E-state index contributed by atoms with van der Waals surface area (Å²) >= 11 is 12.5. The Labute approximate surface area is 240 Å². The predicted octanol–water partition coefficient (Wildman–Crippen LogP) is 6.20. The molecule has 0 saturated heterocycles. The Bertz CT molecular complexity index is 1750. The molecule has 0 amide bonds. The molecule has 10 heteroatoms. The van der Waals surface area contributed by atoms with Crippen LogP contribution in [0.3, 0.4) is 0 Å². The quantitative estimate of drug-likeness (QED) is 0.188. The van der Waals surface area contributed by atoms with Crippen molar-refractivity contribution in [3.05, 3.63) is 106 Å². The summed E-state index contributed by atoms with van der Waals surface area (Å²) in [6.45, 7) is 3.75. The van der Waals surface area contributed by atoms with Gasteiger partial charge < -0.3 is 9.15 Å². The monoisotopic (exact) mass is 628 g/mol. The van der Waals surface area contributed by atoms with E-state index in [2.05, 4.69) is 20.9 Å². The van der Waals surface area contributed by atoms with E-state index < -0.39 is 12.0 Å². The molecule has 1 aliphatic rings. The number of carbonyl (C=O) groups is 1. The zero-order chi connectivity index (χ0) is 27.0. The van der Waals surface area contributed by atoms with Crippen molar-refractivity contribution < 1.29 is 13.9 Å². The molecular formula is C28H22BrClN2O4S2. The summed E-state index contributed by atoms with van der Waals surface area (Å²) in [6, 6.07) is 16.4. The molecule has 3 heterocycles. The Morgan fingerprint density at radius 1 is 1.24 bits per heavy atom. The number of furan rings is 1. The van der Waals surface area contributed by atoms with E-state index >= 15 is 0 Å². The van der Waals surface area contributed by atoms with Gasteiger partial charge in [0.15, 0.2) is 4.80 Å². The van der Waals surface area contributed by atoms with Gasteiger partial charge in [-0.25, -0.2) is 9.79 Å². The van der Waals surface area contributed by atoms with Crippen LogP contribution in [0, 0.1) is 0 Å². The lowest BCUT2D eigenvalue weighted by Crippen LogP contribution is -2.39. The van der Waals surface area contributed by atoms with Crippen molar-refractivity contribution in [3.8, 4) is 11.3 Å². The minimum Gasteiger partial charge on any atom is -0.463 e.